The summed E-state index contributed by atoms with van der Waals surface area (Å²) in [6.07, 6.45) is 2.53. The van der Waals surface area contributed by atoms with Gasteiger partial charge < -0.3 is 9.88 Å². The molecule has 0 aliphatic carbocycles. The molecule has 0 saturated carbocycles. The van der Waals surface area contributed by atoms with Gasteiger partial charge in [0.05, 0.1) is 0 Å². The van der Waals surface area contributed by atoms with Crippen LogP contribution in [0.2, 0.25) is 0 Å². The van der Waals surface area contributed by atoms with Crippen LogP contribution in [-0.4, -0.2) is 21.4 Å². The molecule has 82 valence electrons. The number of halogens is 1. The molecule has 0 unspecified atom stereocenters. The Kier molecular flexibility index (Phi) is 4.80. The first-order valence-electron chi connectivity index (χ1n) is 4.66. The molecular formula is C10H13IN2O2. The summed E-state index contributed by atoms with van der Waals surface area (Å²) < 4.78 is 2.44. The highest BCUT2D eigenvalue weighted by molar-refractivity contribution is 14.1. The lowest BCUT2D eigenvalue weighted by Gasteiger charge is -2.04. The van der Waals surface area contributed by atoms with Crippen molar-refractivity contribution in [3.05, 3.63) is 34.2 Å². The summed E-state index contributed by atoms with van der Waals surface area (Å²) in [4.78, 5) is 22.8. The Balaban J connectivity index is 2.66. The molecule has 1 aromatic rings. The Hall–Kier alpha value is -0.850. The zero-order chi connectivity index (χ0) is 11.3. The van der Waals surface area contributed by atoms with Gasteiger partial charge >= 0.3 is 0 Å². The molecule has 0 atom stereocenters. The van der Waals surface area contributed by atoms with Gasteiger partial charge in [-0.05, 0) is 12.5 Å². The Labute approximate surface area is 102 Å². The average Bonchev–Trinajstić information content (AvgIpc) is 2.22. The van der Waals surface area contributed by atoms with Gasteiger partial charge in [0, 0.05) is 35.8 Å². The van der Waals surface area contributed by atoms with Gasteiger partial charge in [0.25, 0.3) is 11.5 Å². The number of aromatic nitrogens is 1. The number of amides is 1. The highest BCUT2D eigenvalue weighted by atomic mass is 127. The molecule has 15 heavy (non-hydrogen) atoms. The topological polar surface area (TPSA) is 51.1 Å². The lowest BCUT2D eigenvalue weighted by atomic mass is 10.2. The van der Waals surface area contributed by atoms with Gasteiger partial charge in [-0.25, -0.2) is 0 Å². The predicted octanol–water partition coefficient (Wildman–Crippen LogP) is 0.940. The molecule has 1 aromatic heterocycles. The van der Waals surface area contributed by atoms with Crippen LogP contribution < -0.4 is 10.9 Å². The molecule has 1 N–H and O–H groups in total. The molecule has 0 aromatic carbocycles. The molecule has 1 heterocycles. The Bertz CT molecular complexity index is 401. The predicted molar refractivity (Wildman–Crippen MR) is 67.5 cm³/mol. The smallest absolute Gasteiger partial charge is 0.251 e. The quantitative estimate of drug-likeness (QED) is 0.510. The molecule has 0 saturated heterocycles. The van der Waals surface area contributed by atoms with Gasteiger partial charge in [0.2, 0.25) is 0 Å². The van der Waals surface area contributed by atoms with Gasteiger partial charge in [0.1, 0.15) is 0 Å². The van der Waals surface area contributed by atoms with Gasteiger partial charge in [-0.2, -0.15) is 0 Å². The summed E-state index contributed by atoms with van der Waals surface area (Å²) in [6, 6.07) is 2.99. The first-order chi connectivity index (χ1) is 7.15. The zero-order valence-corrected chi connectivity index (χ0v) is 10.7. The molecule has 5 heteroatoms. The van der Waals surface area contributed by atoms with Crippen LogP contribution in [-0.2, 0) is 7.05 Å². The number of alkyl halides is 1. The third-order valence-corrected chi connectivity index (χ3v) is 2.73. The Morgan fingerprint density at radius 3 is 2.93 bits per heavy atom. The van der Waals surface area contributed by atoms with Crippen molar-refractivity contribution < 1.29 is 4.79 Å². The number of nitrogens with zero attached hydrogens (tertiary/aromatic N) is 1. The van der Waals surface area contributed by atoms with Gasteiger partial charge in [-0.3, -0.25) is 9.59 Å². The summed E-state index contributed by atoms with van der Waals surface area (Å²) in [5.74, 6) is -0.183. The van der Waals surface area contributed by atoms with E-state index < -0.39 is 0 Å². The van der Waals surface area contributed by atoms with E-state index in [1.54, 1.807) is 19.3 Å². The Morgan fingerprint density at radius 1 is 1.60 bits per heavy atom. The fourth-order valence-electron chi connectivity index (χ4n) is 1.06. The number of hydrogen-bond donors (Lipinski definition) is 1. The molecule has 0 spiro atoms. The fraction of sp³-hybridized carbons (Fsp3) is 0.400. The second-order valence-corrected chi connectivity index (χ2v) is 4.24. The van der Waals surface area contributed by atoms with Crippen LogP contribution in [0.1, 0.15) is 16.8 Å². The number of pyridine rings is 1. The number of rotatable bonds is 4. The minimum absolute atomic E-state index is 0.170. The summed E-state index contributed by atoms with van der Waals surface area (Å²) in [5, 5.41) is 2.75. The largest absolute Gasteiger partial charge is 0.352 e. The maximum absolute atomic E-state index is 11.5. The number of nitrogens with one attached hydrogen (secondary N) is 1. The van der Waals surface area contributed by atoms with Crippen LogP contribution in [0.3, 0.4) is 0 Å². The van der Waals surface area contributed by atoms with Crippen LogP contribution in [0.15, 0.2) is 23.1 Å². The van der Waals surface area contributed by atoms with Crippen molar-refractivity contribution in [2.24, 2.45) is 7.05 Å². The highest BCUT2D eigenvalue weighted by Crippen LogP contribution is 1.94. The van der Waals surface area contributed by atoms with Crippen LogP contribution in [0, 0.1) is 0 Å². The van der Waals surface area contributed by atoms with Crippen molar-refractivity contribution >= 4 is 28.5 Å². The standard InChI is InChI=1S/C10H13IN2O2/c1-13-6-3-8(7-9(13)14)10(15)12-5-2-4-11/h3,6-7H,2,4-5H2,1H3,(H,12,15). The molecule has 4 nitrogen and oxygen atoms in total. The van der Waals surface area contributed by atoms with Crippen molar-refractivity contribution in [3.8, 4) is 0 Å². The number of carbonyl (C=O) groups is 1. The molecule has 0 bridgehead atoms. The van der Waals surface area contributed by atoms with E-state index in [1.165, 1.54) is 10.6 Å². The van der Waals surface area contributed by atoms with Gasteiger partial charge in [-0.15, -0.1) is 0 Å². The SMILES string of the molecule is Cn1ccc(C(=O)NCCCI)cc1=O. The second-order valence-electron chi connectivity index (χ2n) is 3.16. The van der Waals surface area contributed by atoms with Crippen LogP contribution in [0.4, 0.5) is 0 Å². The first kappa shape index (κ1) is 12.2. The van der Waals surface area contributed by atoms with Gasteiger partial charge in [0.15, 0.2) is 0 Å². The molecule has 0 aliphatic heterocycles. The van der Waals surface area contributed by atoms with Crippen LogP contribution in [0.5, 0.6) is 0 Å². The highest BCUT2D eigenvalue weighted by Gasteiger charge is 2.05. The van der Waals surface area contributed by atoms with E-state index in [2.05, 4.69) is 27.9 Å². The summed E-state index contributed by atoms with van der Waals surface area (Å²) in [5.41, 5.74) is 0.253. The number of aryl methyl sites for hydroxylation is 1. The Morgan fingerprint density at radius 2 is 2.33 bits per heavy atom. The third kappa shape index (κ3) is 3.65. The molecule has 1 rings (SSSR count). The molecule has 0 fully saturated rings. The van der Waals surface area contributed by atoms with E-state index in [1.807, 2.05) is 0 Å². The lowest BCUT2D eigenvalue weighted by molar-refractivity contribution is 0.0953. The van der Waals surface area contributed by atoms with Crippen molar-refractivity contribution in [2.45, 2.75) is 6.42 Å². The normalized spacial score (nSPS) is 10.0. The molecular weight excluding hydrogens is 307 g/mol. The van der Waals surface area contributed by atoms with Crippen molar-refractivity contribution in [1.82, 2.24) is 9.88 Å². The average molecular weight is 320 g/mol. The summed E-state index contributed by atoms with van der Waals surface area (Å²) in [6.45, 7) is 0.650. The minimum atomic E-state index is -0.183. The maximum atomic E-state index is 11.5. The van der Waals surface area contributed by atoms with E-state index in [9.17, 15) is 9.59 Å². The number of carbonyl (C=O) groups excluding carboxylic acids is 1. The third-order valence-electron chi connectivity index (χ3n) is 1.96. The monoisotopic (exact) mass is 320 g/mol. The number of hydrogen-bond acceptors (Lipinski definition) is 2. The van der Waals surface area contributed by atoms with Crippen molar-refractivity contribution in [2.75, 3.05) is 11.0 Å². The van der Waals surface area contributed by atoms with Crippen molar-refractivity contribution in [1.29, 1.82) is 0 Å². The zero-order valence-electron chi connectivity index (χ0n) is 8.50. The van der Waals surface area contributed by atoms with E-state index in [-0.39, 0.29) is 11.5 Å². The van der Waals surface area contributed by atoms with E-state index in [0.717, 1.165) is 10.8 Å². The van der Waals surface area contributed by atoms with E-state index in [4.69, 9.17) is 0 Å². The molecule has 1 amide bonds. The van der Waals surface area contributed by atoms with Gasteiger partial charge in [-0.1, -0.05) is 22.6 Å². The fourth-order valence-corrected chi connectivity index (χ4v) is 1.44. The van der Waals surface area contributed by atoms with E-state index in [0.29, 0.717) is 12.1 Å². The van der Waals surface area contributed by atoms with Crippen LogP contribution in [0.25, 0.3) is 0 Å². The maximum Gasteiger partial charge on any atom is 0.251 e. The molecule has 0 aliphatic rings. The van der Waals surface area contributed by atoms with E-state index >= 15 is 0 Å². The van der Waals surface area contributed by atoms with Crippen molar-refractivity contribution in [3.63, 3.8) is 0 Å². The first-order valence-corrected chi connectivity index (χ1v) is 6.18. The lowest BCUT2D eigenvalue weighted by Crippen LogP contribution is -2.27. The minimum Gasteiger partial charge on any atom is -0.352 e. The van der Waals surface area contributed by atoms with Crippen LogP contribution >= 0.6 is 22.6 Å². The summed E-state index contributed by atoms with van der Waals surface area (Å²) in [7, 11) is 1.65. The summed E-state index contributed by atoms with van der Waals surface area (Å²) >= 11 is 2.25. The molecule has 0 radical (unpaired) electrons. The second kappa shape index (κ2) is 5.89.